The van der Waals surface area contributed by atoms with E-state index < -0.39 is 6.10 Å². The summed E-state index contributed by atoms with van der Waals surface area (Å²) in [6, 6.07) is 7.26. The maximum atomic E-state index is 12.2. The van der Waals surface area contributed by atoms with Gasteiger partial charge in [0.1, 0.15) is 11.5 Å². The van der Waals surface area contributed by atoms with Crippen LogP contribution in [0.5, 0.6) is 11.5 Å². The van der Waals surface area contributed by atoms with Crippen molar-refractivity contribution in [1.29, 1.82) is 0 Å². The van der Waals surface area contributed by atoms with Crippen molar-refractivity contribution < 1.29 is 14.3 Å². The summed E-state index contributed by atoms with van der Waals surface area (Å²) in [7, 11) is 1.60. The van der Waals surface area contributed by atoms with Gasteiger partial charge < -0.3 is 19.4 Å². The molecule has 1 N–H and O–H groups in total. The summed E-state index contributed by atoms with van der Waals surface area (Å²) in [4.78, 5) is 16.2. The standard InChI is InChI=1S/C17H23N3O3/c1-3-16(23-15-7-4-6-14(12-15)22-2)17(21)19-8-5-10-20-11-9-18-13-20/h4,6-7,9,11-13,16H,3,5,8,10H2,1-2H3,(H,19,21)/t16-/m0/s1. The van der Waals surface area contributed by atoms with Gasteiger partial charge in [-0.3, -0.25) is 4.79 Å². The normalized spacial score (nSPS) is 11.7. The van der Waals surface area contributed by atoms with Gasteiger partial charge in [-0.25, -0.2) is 4.98 Å². The molecule has 1 aromatic carbocycles. The number of hydrogen-bond donors (Lipinski definition) is 1. The molecule has 0 aliphatic heterocycles. The second-order valence-electron chi connectivity index (χ2n) is 5.14. The Morgan fingerprint density at radius 1 is 1.39 bits per heavy atom. The van der Waals surface area contributed by atoms with Gasteiger partial charge in [-0.2, -0.15) is 0 Å². The molecule has 2 rings (SSSR count). The molecule has 1 amide bonds. The van der Waals surface area contributed by atoms with Crippen LogP contribution in [0.25, 0.3) is 0 Å². The summed E-state index contributed by atoms with van der Waals surface area (Å²) < 4.78 is 12.9. The molecule has 1 heterocycles. The second-order valence-corrected chi connectivity index (χ2v) is 5.14. The minimum Gasteiger partial charge on any atom is -0.497 e. The van der Waals surface area contributed by atoms with Crippen molar-refractivity contribution in [2.75, 3.05) is 13.7 Å². The Morgan fingerprint density at radius 2 is 2.22 bits per heavy atom. The molecule has 0 aliphatic rings. The molecule has 0 unspecified atom stereocenters. The lowest BCUT2D eigenvalue weighted by Crippen LogP contribution is -2.38. The van der Waals surface area contributed by atoms with E-state index in [0.717, 1.165) is 13.0 Å². The summed E-state index contributed by atoms with van der Waals surface area (Å²) in [5.74, 6) is 1.24. The average Bonchev–Trinajstić information content (AvgIpc) is 3.10. The zero-order valence-corrected chi connectivity index (χ0v) is 13.6. The highest BCUT2D eigenvalue weighted by Gasteiger charge is 2.17. The van der Waals surface area contributed by atoms with Gasteiger partial charge in [0.2, 0.25) is 0 Å². The third-order valence-electron chi connectivity index (χ3n) is 3.43. The summed E-state index contributed by atoms with van der Waals surface area (Å²) in [5.41, 5.74) is 0. The van der Waals surface area contributed by atoms with Crippen LogP contribution in [0.4, 0.5) is 0 Å². The third-order valence-corrected chi connectivity index (χ3v) is 3.43. The number of carbonyl (C=O) groups is 1. The average molecular weight is 317 g/mol. The molecular weight excluding hydrogens is 294 g/mol. The van der Waals surface area contributed by atoms with Crippen LogP contribution in [0, 0.1) is 0 Å². The Balaban J connectivity index is 1.78. The zero-order valence-electron chi connectivity index (χ0n) is 13.6. The Bertz CT molecular complexity index is 599. The first-order chi connectivity index (χ1) is 11.2. The predicted molar refractivity (Wildman–Crippen MR) is 87.6 cm³/mol. The minimum absolute atomic E-state index is 0.0963. The first-order valence-electron chi connectivity index (χ1n) is 7.77. The maximum Gasteiger partial charge on any atom is 0.261 e. The van der Waals surface area contributed by atoms with E-state index >= 15 is 0 Å². The number of amides is 1. The van der Waals surface area contributed by atoms with E-state index in [-0.39, 0.29) is 5.91 Å². The molecule has 0 spiro atoms. The van der Waals surface area contributed by atoms with Crippen LogP contribution in [0.2, 0.25) is 0 Å². The molecule has 0 bridgehead atoms. The number of nitrogens with zero attached hydrogens (tertiary/aromatic N) is 2. The van der Waals surface area contributed by atoms with Crippen LogP contribution in [-0.4, -0.2) is 35.2 Å². The Morgan fingerprint density at radius 3 is 2.91 bits per heavy atom. The first kappa shape index (κ1) is 16.9. The fraction of sp³-hybridized carbons (Fsp3) is 0.412. The number of benzene rings is 1. The molecule has 0 saturated heterocycles. The summed E-state index contributed by atoms with van der Waals surface area (Å²) in [6.07, 6.45) is 6.36. The molecule has 6 heteroatoms. The quantitative estimate of drug-likeness (QED) is 0.721. The molecule has 0 radical (unpaired) electrons. The lowest BCUT2D eigenvalue weighted by atomic mass is 10.2. The van der Waals surface area contributed by atoms with Crippen molar-refractivity contribution in [2.24, 2.45) is 0 Å². The van der Waals surface area contributed by atoms with Crippen LogP contribution >= 0.6 is 0 Å². The molecular formula is C17H23N3O3. The third kappa shape index (κ3) is 5.32. The monoisotopic (exact) mass is 317 g/mol. The Kier molecular flexibility index (Phi) is 6.47. The van der Waals surface area contributed by atoms with Gasteiger partial charge in [0.05, 0.1) is 13.4 Å². The van der Waals surface area contributed by atoms with Gasteiger partial charge >= 0.3 is 0 Å². The lowest BCUT2D eigenvalue weighted by molar-refractivity contribution is -0.128. The first-order valence-corrected chi connectivity index (χ1v) is 7.77. The van der Waals surface area contributed by atoms with E-state index in [0.29, 0.717) is 24.5 Å². The molecule has 2 aromatic rings. The largest absolute Gasteiger partial charge is 0.497 e. The van der Waals surface area contributed by atoms with Gasteiger partial charge in [-0.05, 0) is 25.0 Å². The van der Waals surface area contributed by atoms with Crippen LogP contribution in [-0.2, 0) is 11.3 Å². The summed E-state index contributed by atoms with van der Waals surface area (Å²) in [6.45, 7) is 3.36. The summed E-state index contributed by atoms with van der Waals surface area (Å²) >= 11 is 0. The van der Waals surface area contributed by atoms with Gasteiger partial charge in [0.25, 0.3) is 5.91 Å². The molecule has 1 atom stereocenters. The smallest absolute Gasteiger partial charge is 0.261 e. The molecule has 23 heavy (non-hydrogen) atoms. The number of aryl methyl sites for hydroxylation is 1. The fourth-order valence-corrected chi connectivity index (χ4v) is 2.17. The number of rotatable bonds is 9. The number of imidazole rings is 1. The zero-order chi connectivity index (χ0) is 16.5. The van der Waals surface area contributed by atoms with Crippen LogP contribution in [0.15, 0.2) is 43.0 Å². The molecule has 6 nitrogen and oxygen atoms in total. The van der Waals surface area contributed by atoms with Crippen molar-refractivity contribution in [3.05, 3.63) is 43.0 Å². The van der Waals surface area contributed by atoms with Gasteiger partial charge in [-0.15, -0.1) is 0 Å². The predicted octanol–water partition coefficient (Wildman–Crippen LogP) is 2.26. The highest BCUT2D eigenvalue weighted by molar-refractivity contribution is 5.81. The molecule has 0 saturated carbocycles. The highest BCUT2D eigenvalue weighted by atomic mass is 16.5. The van der Waals surface area contributed by atoms with E-state index in [1.165, 1.54) is 0 Å². The SMILES string of the molecule is CC[C@H](Oc1cccc(OC)c1)C(=O)NCCCn1ccnc1. The van der Waals surface area contributed by atoms with Gasteiger partial charge in [0, 0.05) is 31.5 Å². The molecule has 0 fully saturated rings. The van der Waals surface area contributed by atoms with E-state index in [1.807, 2.05) is 35.9 Å². The van der Waals surface area contributed by atoms with Crippen molar-refractivity contribution in [1.82, 2.24) is 14.9 Å². The molecule has 1 aromatic heterocycles. The van der Waals surface area contributed by atoms with Crippen LogP contribution < -0.4 is 14.8 Å². The number of methoxy groups -OCH3 is 1. The molecule has 124 valence electrons. The Hall–Kier alpha value is -2.50. The van der Waals surface area contributed by atoms with E-state index in [9.17, 15) is 4.79 Å². The van der Waals surface area contributed by atoms with Crippen molar-refractivity contribution >= 4 is 5.91 Å². The van der Waals surface area contributed by atoms with Gasteiger partial charge in [0.15, 0.2) is 6.10 Å². The maximum absolute atomic E-state index is 12.2. The number of carbonyl (C=O) groups excluding carboxylic acids is 1. The van der Waals surface area contributed by atoms with Crippen molar-refractivity contribution in [3.63, 3.8) is 0 Å². The highest BCUT2D eigenvalue weighted by Crippen LogP contribution is 2.20. The number of nitrogens with one attached hydrogen (secondary N) is 1. The Labute approximate surface area is 136 Å². The van der Waals surface area contributed by atoms with E-state index in [2.05, 4.69) is 10.3 Å². The fourth-order valence-electron chi connectivity index (χ4n) is 2.17. The van der Waals surface area contributed by atoms with E-state index in [4.69, 9.17) is 9.47 Å². The molecule has 0 aliphatic carbocycles. The number of aromatic nitrogens is 2. The minimum atomic E-state index is -0.504. The lowest BCUT2D eigenvalue weighted by Gasteiger charge is -2.17. The topological polar surface area (TPSA) is 65.4 Å². The van der Waals surface area contributed by atoms with Crippen LogP contribution in [0.3, 0.4) is 0 Å². The van der Waals surface area contributed by atoms with Crippen molar-refractivity contribution in [3.8, 4) is 11.5 Å². The van der Waals surface area contributed by atoms with Crippen LogP contribution in [0.1, 0.15) is 19.8 Å². The van der Waals surface area contributed by atoms with E-state index in [1.54, 1.807) is 25.7 Å². The van der Waals surface area contributed by atoms with Crippen molar-refractivity contribution in [2.45, 2.75) is 32.4 Å². The second kappa shape index (κ2) is 8.82. The van der Waals surface area contributed by atoms with Gasteiger partial charge in [-0.1, -0.05) is 13.0 Å². The number of hydrogen-bond acceptors (Lipinski definition) is 4. The number of ether oxygens (including phenoxy) is 2. The summed E-state index contributed by atoms with van der Waals surface area (Å²) in [5, 5.41) is 2.92.